The Bertz CT molecular complexity index is 1610. The van der Waals surface area contributed by atoms with Crippen LogP contribution in [0.25, 0.3) is 11.6 Å². The van der Waals surface area contributed by atoms with E-state index in [1.807, 2.05) is 23.5 Å². The first-order valence-corrected chi connectivity index (χ1v) is 18.5. The number of benzene rings is 5. The van der Waals surface area contributed by atoms with Crippen LogP contribution in [-0.4, -0.2) is 24.1 Å². The summed E-state index contributed by atoms with van der Waals surface area (Å²) in [6.07, 6.45) is 9.35. The molecule has 2 fully saturated rings. The second-order valence-corrected chi connectivity index (χ2v) is 14.5. The molecule has 238 valence electrons. The summed E-state index contributed by atoms with van der Waals surface area (Å²) in [7, 11) is 0. The molecule has 5 heteroatoms. The van der Waals surface area contributed by atoms with Crippen LogP contribution >= 0.6 is 23.5 Å². The highest BCUT2D eigenvalue weighted by atomic mass is 32.2. The minimum atomic E-state index is 0.251. The molecule has 0 aromatic heterocycles. The third-order valence-corrected chi connectivity index (χ3v) is 11.0. The van der Waals surface area contributed by atoms with Crippen molar-refractivity contribution in [2.24, 2.45) is 0 Å². The van der Waals surface area contributed by atoms with Gasteiger partial charge in [0.05, 0.1) is 0 Å². The standard InChI is InChI=1S/C42H41NO2S2/c1-3-11-33(12-4-1)40(34-13-5-2-6-14-34)31-32-17-19-35(20-18-32)43(36-21-25-38(26-22-36)46-41-15-7-9-29-44-41)37-23-27-39(28-24-37)47-42-16-8-10-30-45-42/h1-6,11-14,17-28,31,41-42H,7-10,15-16,29-30H2. The number of hydrogen-bond donors (Lipinski definition) is 0. The number of ether oxygens (including phenoxy) is 2. The van der Waals surface area contributed by atoms with Gasteiger partial charge in [-0.3, -0.25) is 0 Å². The number of anilines is 3. The van der Waals surface area contributed by atoms with Gasteiger partial charge in [0.15, 0.2) is 0 Å². The molecule has 0 amide bonds. The fourth-order valence-corrected chi connectivity index (χ4v) is 8.25. The molecular formula is C42H41NO2S2. The van der Waals surface area contributed by atoms with Gasteiger partial charge in [-0.05, 0) is 128 Å². The van der Waals surface area contributed by atoms with Crippen molar-refractivity contribution in [3.8, 4) is 0 Å². The molecule has 2 heterocycles. The first-order chi connectivity index (χ1) is 23.3. The van der Waals surface area contributed by atoms with Gasteiger partial charge in [-0.1, -0.05) is 96.3 Å². The predicted molar refractivity (Wildman–Crippen MR) is 200 cm³/mol. The first-order valence-electron chi connectivity index (χ1n) is 16.8. The Morgan fingerprint density at radius 1 is 0.511 bits per heavy atom. The monoisotopic (exact) mass is 655 g/mol. The van der Waals surface area contributed by atoms with E-state index in [9.17, 15) is 0 Å². The summed E-state index contributed by atoms with van der Waals surface area (Å²) < 4.78 is 12.0. The number of nitrogens with zero attached hydrogens (tertiary/aromatic N) is 1. The zero-order chi connectivity index (χ0) is 31.7. The lowest BCUT2D eigenvalue weighted by atomic mass is 9.95. The summed E-state index contributed by atoms with van der Waals surface area (Å²) in [6, 6.07) is 48.1. The lowest BCUT2D eigenvalue weighted by Crippen LogP contribution is -2.15. The lowest BCUT2D eigenvalue weighted by Gasteiger charge is -2.27. The van der Waals surface area contributed by atoms with Crippen molar-refractivity contribution < 1.29 is 9.47 Å². The minimum Gasteiger partial charge on any atom is -0.367 e. The zero-order valence-corrected chi connectivity index (χ0v) is 28.3. The van der Waals surface area contributed by atoms with Crippen molar-refractivity contribution in [1.29, 1.82) is 0 Å². The van der Waals surface area contributed by atoms with Crippen molar-refractivity contribution in [2.45, 2.75) is 59.2 Å². The van der Waals surface area contributed by atoms with Crippen LogP contribution in [0.2, 0.25) is 0 Å². The van der Waals surface area contributed by atoms with Gasteiger partial charge >= 0.3 is 0 Å². The quantitative estimate of drug-likeness (QED) is 0.139. The molecule has 7 rings (SSSR count). The maximum Gasteiger partial charge on any atom is 0.107 e. The molecule has 3 nitrogen and oxygen atoms in total. The van der Waals surface area contributed by atoms with E-state index in [2.05, 4.69) is 144 Å². The SMILES string of the molecule is C(=C(c1ccccc1)c1ccccc1)c1ccc(N(c2ccc(SC3CCCCO3)cc2)c2ccc(SC3CCCCO3)cc2)cc1. The topological polar surface area (TPSA) is 21.7 Å². The number of thioether (sulfide) groups is 2. The predicted octanol–water partition coefficient (Wildman–Crippen LogP) is 12.0. The highest BCUT2D eigenvalue weighted by molar-refractivity contribution is 8.00. The van der Waals surface area contributed by atoms with Crippen molar-refractivity contribution in [3.63, 3.8) is 0 Å². The van der Waals surface area contributed by atoms with Crippen molar-refractivity contribution in [2.75, 3.05) is 18.1 Å². The van der Waals surface area contributed by atoms with Gasteiger partial charge in [-0.15, -0.1) is 0 Å². The Morgan fingerprint density at radius 2 is 0.936 bits per heavy atom. The Morgan fingerprint density at radius 3 is 1.34 bits per heavy atom. The second-order valence-electron chi connectivity index (χ2n) is 12.0. The van der Waals surface area contributed by atoms with Crippen molar-refractivity contribution in [1.82, 2.24) is 0 Å². The van der Waals surface area contributed by atoms with Crippen LogP contribution < -0.4 is 4.90 Å². The van der Waals surface area contributed by atoms with Gasteiger partial charge in [0.2, 0.25) is 0 Å². The fraction of sp³-hybridized carbons (Fsp3) is 0.238. The smallest absolute Gasteiger partial charge is 0.107 e. The average Bonchev–Trinajstić information content (AvgIpc) is 3.14. The van der Waals surface area contributed by atoms with Crippen LogP contribution in [0.1, 0.15) is 55.2 Å². The molecule has 0 spiro atoms. The Balaban J connectivity index is 1.18. The molecule has 0 saturated carbocycles. The van der Waals surface area contributed by atoms with Crippen molar-refractivity contribution in [3.05, 3.63) is 150 Å². The highest BCUT2D eigenvalue weighted by Gasteiger charge is 2.18. The van der Waals surface area contributed by atoms with E-state index in [4.69, 9.17) is 9.47 Å². The van der Waals surface area contributed by atoms with Crippen LogP contribution in [0.5, 0.6) is 0 Å². The Kier molecular flexibility index (Phi) is 10.8. The molecule has 0 N–H and O–H groups in total. The maximum absolute atomic E-state index is 6.00. The van der Waals surface area contributed by atoms with E-state index in [0.717, 1.165) is 48.7 Å². The summed E-state index contributed by atoms with van der Waals surface area (Å²) in [4.78, 5) is 4.84. The molecule has 2 unspecified atom stereocenters. The molecule has 0 aliphatic carbocycles. The third kappa shape index (κ3) is 8.41. The summed E-state index contributed by atoms with van der Waals surface area (Å²) in [6.45, 7) is 1.74. The molecule has 2 atom stereocenters. The van der Waals surface area contributed by atoms with Crippen LogP contribution in [0.3, 0.4) is 0 Å². The molecular weight excluding hydrogens is 615 g/mol. The van der Waals surface area contributed by atoms with E-state index >= 15 is 0 Å². The van der Waals surface area contributed by atoms with Gasteiger partial charge < -0.3 is 14.4 Å². The molecule has 0 bridgehead atoms. The van der Waals surface area contributed by atoms with E-state index < -0.39 is 0 Å². The molecule has 2 aliphatic heterocycles. The van der Waals surface area contributed by atoms with Crippen LogP contribution in [-0.2, 0) is 9.47 Å². The Labute approximate surface area is 288 Å². The lowest BCUT2D eigenvalue weighted by molar-refractivity contribution is 0.0727. The van der Waals surface area contributed by atoms with E-state index in [1.165, 1.54) is 52.2 Å². The molecule has 0 radical (unpaired) electrons. The fourth-order valence-electron chi connectivity index (χ4n) is 6.16. The molecule has 2 aliphatic rings. The van der Waals surface area contributed by atoms with Crippen LogP contribution in [0.4, 0.5) is 17.1 Å². The van der Waals surface area contributed by atoms with E-state index in [-0.39, 0.29) is 10.9 Å². The van der Waals surface area contributed by atoms with Gasteiger partial charge in [0.25, 0.3) is 0 Å². The zero-order valence-electron chi connectivity index (χ0n) is 26.7. The molecule has 2 saturated heterocycles. The van der Waals surface area contributed by atoms with Gasteiger partial charge in [-0.2, -0.15) is 0 Å². The van der Waals surface area contributed by atoms with Gasteiger partial charge in [0.1, 0.15) is 10.9 Å². The summed E-state index contributed by atoms with van der Waals surface area (Å²) in [5.74, 6) is 0. The maximum atomic E-state index is 6.00. The molecule has 47 heavy (non-hydrogen) atoms. The third-order valence-electron chi connectivity index (χ3n) is 8.63. The number of hydrogen-bond acceptors (Lipinski definition) is 5. The largest absolute Gasteiger partial charge is 0.367 e. The summed E-state index contributed by atoms with van der Waals surface area (Å²) in [5, 5.41) is 0. The highest BCUT2D eigenvalue weighted by Crippen LogP contribution is 2.39. The summed E-state index contributed by atoms with van der Waals surface area (Å²) in [5.41, 5.74) is 8.67. The van der Waals surface area contributed by atoms with Crippen molar-refractivity contribution >= 4 is 52.2 Å². The molecule has 5 aromatic rings. The van der Waals surface area contributed by atoms with E-state index in [1.54, 1.807) is 0 Å². The Hall–Kier alpha value is -3.74. The van der Waals surface area contributed by atoms with E-state index in [0.29, 0.717) is 0 Å². The number of rotatable bonds is 10. The average molecular weight is 656 g/mol. The molecule has 5 aromatic carbocycles. The normalized spacial score (nSPS) is 18.0. The second kappa shape index (κ2) is 15.9. The first kappa shape index (κ1) is 31.8. The van der Waals surface area contributed by atoms with Crippen LogP contribution in [0, 0.1) is 0 Å². The minimum absolute atomic E-state index is 0.251. The van der Waals surface area contributed by atoms with Crippen LogP contribution in [0.15, 0.2) is 143 Å². The van der Waals surface area contributed by atoms with Gasteiger partial charge in [-0.25, -0.2) is 0 Å². The van der Waals surface area contributed by atoms with Gasteiger partial charge in [0, 0.05) is 40.1 Å². The summed E-state index contributed by atoms with van der Waals surface area (Å²) >= 11 is 3.67.